The molecule has 59 heavy (non-hydrogen) atoms. The van der Waals surface area contributed by atoms with Gasteiger partial charge in [0.25, 0.3) is 5.91 Å². The van der Waals surface area contributed by atoms with Crippen LogP contribution in [0.5, 0.6) is 11.5 Å². The van der Waals surface area contributed by atoms with E-state index in [1.807, 2.05) is 78.6 Å². The fourth-order valence-corrected chi connectivity index (χ4v) is 7.66. The molecule has 0 bridgehead atoms. The number of benzene rings is 3. The highest BCUT2D eigenvalue weighted by atomic mass is 16.5. The van der Waals surface area contributed by atoms with Crippen molar-refractivity contribution in [3.8, 4) is 22.8 Å². The number of hydrogen-bond acceptors (Lipinski definition) is 12. The maximum absolute atomic E-state index is 14.2. The highest BCUT2D eigenvalue weighted by molar-refractivity contribution is 6.05. The van der Waals surface area contributed by atoms with E-state index < -0.39 is 0 Å². The Labute approximate surface area is 344 Å². The molecule has 306 valence electrons. The Morgan fingerprint density at radius 3 is 2.03 bits per heavy atom. The molecule has 5 aromatic rings. The molecular formula is C44H50N10O5. The number of nitrogens with one attached hydrogen (secondary N) is 1. The number of amides is 3. The number of carbonyl (C=O) groups is 2. The lowest BCUT2D eigenvalue weighted by molar-refractivity contribution is 0.0663. The van der Waals surface area contributed by atoms with Crippen molar-refractivity contribution in [2.45, 2.75) is 26.4 Å². The first-order chi connectivity index (χ1) is 28.8. The van der Waals surface area contributed by atoms with Crippen LogP contribution in [-0.4, -0.2) is 122 Å². The second-order valence-electron chi connectivity index (χ2n) is 15.0. The molecule has 0 atom stereocenters. The van der Waals surface area contributed by atoms with Crippen LogP contribution in [0.25, 0.3) is 11.3 Å². The lowest BCUT2D eigenvalue weighted by Crippen LogP contribution is -2.47. The number of aromatic nitrogens is 4. The van der Waals surface area contributed by atoms with E-state index in [-0.39, 0.29) is 11.9 Å². The van der Waals surface area contributed by atoms with Crippen molar-refractivity contribution in [2.24, 2.45) is 0 Å². The van der Waals surface area contributed by atoms with Gasteiger partial charge in [-0.05, 0) is 73.5 Å². The second-order valence-corrected chi connectivity index (χ2v) is 15.0. The van der Waals surface area contributed by atoms with Crippen molar-refractivity contribution < 1.29 is 23.8 Å². The molecule has 0 spiro atoms. The fourth-order valence-electron chi connectivity index (χ4n) is 7.66. The number of nitrogens with zero attached hydrogens (tertiary/aromatic N) is 9. The number of rotatable bonds is 11. The zero-order valence-electron chi connectivity index (χ0n) is 34.1. The Hall–Kier alpha value is -6.32. The quantitative estimate of drug-likeness (QED) is 0.186. The van der Waals surface area contributed by atoms with Gasteiger partial charge in [0.2, 0.25) is 11.9 Å². The number of likely N-dealkylation sites (N-methyl/N-ethyl adjacent to an activating group) is 1. The molecule has 3 aliphatic heterocycles. The van der Waals surface area contributed by atoms with E-state index >= 15 is 0 Å². The maximum Gasteiger partial charge on any atom is 0.327 e. The van der Waals surface area contributed by atoms with Gasteiger partial charge in [-0.2, -0.15) is 4.98 Å². The highest BCUT2D eigenvalue weighted by Crippen LogP contribution is 2.36. The van der Waals surface area contributed by atoms with Crippen molar-refractivity contribution in [1.82, 2.24) is 29.7 Å². The maximum atomic E-state index is 14.2. The lowest BCUT2D eigenvalue weighted by Gasteiger charge is -2.33. The minimum Gasteiger partial charge on any atom is -0.497 e. The molecule has 0 saturated carbocycles. The summed E-state index contributed by atoms with van der Waals surface area (Å²) in [6.07, 6.45) is 4.15. The number of hydrogen-bond donors (Lipinski definition) is 1. The topological polar surface area (TPSA) is 142 Å². The molecule has 0 aliphatic carbocycles. The Balaban J connectivity index is 1.08. The number of methoxy groups -OCH3 is 2. The summed E-state index contributed by atoms with van der Waals surface area (Å²) in [4.78, 5) is 57.6. The summed E-state index contributed by atoms with van der Waals surface area (Å²) in [6.45, 7) is 8.77. The third-order valence-electron chi connectivity index (χ3n) is 11.2. The van der Waals surface area contributed by atoms with Crippen molar-refractivity contribution in [1.29, 1.82) is 0 Å². The van der Waals surface area contributed by atoms with Crippen LogP contribution in [0.15, 0.2) is 79.1 Å². The smallest absolute Gasteiger partial charge is 0.327 e. The summed E-state index contributed by atoms with van der Waals surface area (Å²) < 4.78 is 16.4. The molecule has 0 radical (unpaired) electrons. The van der Waals surface area contributed by atoms with Crippen molar-refractivity contribution >= 4 is 35.3 Å². The van der Waals surface area contributed by atoms with Gasteiger partial charge < -0.3 is 39.1 Å². The Bertz CT molecular complexity index is 2210. The fraction of sp³-hybridized carbons (Fsp3) is 0.364. The zero-order valence-corrected chi connectivity index (χ0v) is 34.1. The van der Waals surface area contributed by atoms with Gasteiger partial charge in [-0.25, -0.2) is 19.7 Å². The molecular weight excluding hydrogens is 749 g/mol. The van der Waals surface area contributed by atoms with Gasteiger partial charge in [0.05, 0.1) is 33.1 Å². The summed E-state index contributed by atoms with van der Waals surface area (Å²) in [5.74, 6) is 3.17. The van der Waals surface area contributed by atoms with Crippen LogP contribution in [0.2, 0.25) is 0 Å². The standard InChI is InChI=1S/C44H50N10O5/c1-30-36(41(55)51-20-18-50(2)19-21-51)6-5-7-38(30)47-44(56)54-17-16-37-39(48-43(49-40(37)54)52-22-24-59-25-23-52)33-26-45-42(46-27-33)53(28-31-8-12-34(57-3)13-9-31)29-32-10-14-35(58-4)15-11-32/h5-15,26-27H,16-25,28-29H2,1-4H3,(H,47,56). The molecule has 1 N–H and O–H groups in total. The van der Waals surface area contributed by atoms with Gasteiger partial charge in [-0.3, -0.25) is 9.69 Å². The van der Waals surface area contributed by atoms with E-state index in [0.29, 0.717) is 100 Å². The molecule has 2 aromatic heterocycles. The Morgan fingerprint density at radius 1 is 0.797 bits per heavy atom. The molecule has 15 nitrogen and oxygen atoms in total. The summed E-state index contributed by atoms with van der Waals surface area (Å²) in [5, 5.41) is 3.10. The number of piperazine rings is 1. The van der Waals surface area contributed by atoms with E-state index in [9.17, 15) is 9.59 Å². The molecule has 0 unspecified atom stereocenters. The average molecular weight is 799 g/mol. The first-order valence-corrected chi connectivity index (χ1v) is 20.0. The number of urea groups is 1. The monoisotopic (exact) mass is 798 g/mol. The van der Waals surface area contributed by atoms with Gasteiger partial charge >= 0.3 is 6.03 Å². The summed E-state index contributed by atoms with van der Waals surface area (Å²) in [6, 6.07) is 21.1. The minimum atomic E-state index is -0.326. The minimum absolute atomic E-state index is 0.0245. The third-order valence-corrected chi connectivity index (χ3v) is 11.2. The van der Waals surface area contributed by atoms with Crippen LogP contribution >= 0.6 is 0 Å². The van der Waals surface area contributed by atoms with Crippen LogP contribution in [-0.2, 0) is 24.2 Å². The van der Waals surface area contributed by atoms with Gasteiger partial charge in [0.15, 0.2) is 0 Å². The van der Waals surface area contributed by atoms with Crippen molar-refractivity contribution in [3.63, 3.8) is 0 Å². The van der Waals surface area contributed by atoms with E-state index in [1.165, 1.54) is 0 Å². The Kier molecular flexibility index (Phi) is 11.8. The van der Waals surface area contributed by atoms with E-state index in [2.05, 4.69) is 27.1 Å². The molecule has 3 aromatic carbocycles. The normalized spacial score (nSPS) is 15.5. The summed E-state index contributed by atoms with van der Waals surface area (Å²) in [7, 11) is 5.38. The van der Waals surface area contributed by atoms with Crippen LogP contribution in [0.4, 0.5) is 28.2 Å². The van der Waals surface area contributed by atoms with E-state index in [4.69, 9.17) is 34.1 Å². The van der Waals surface area contributed by atoms with E-state index in [0.717, 1.165) is 52.4 Å². The number of ether oxygens (including phenoxy) is 3. The number of morpholine rings is 1. The molecule has 3 aliphatic rings. The predicted octanol–water partition coefficient (Wildman–Crippen LogP) is 5.28. The largest absolute Gasteiger partial charge is 0.497 e. The Morgan fingerprint density at radius 2 is 1.42 bits per heavy atom. The lowest BCUT2D eigenvalue weighted by atomic mass is 10.0. The third kappa shape index (κ3) is 8.76. The number of carbonyl (C=O) groups excluding carboxylic acids is 2. The number of fused-ring (bicyclic) bond motifs is 1. The van der Waals surface area contributed by atoms with Crippen LogP contribution in [0.3, 0.4) is 0 Å². The first-order valence-electron chi connectivity index (χ1n) is 20.0. The molecule has 2 saturated heterocycles. The molecule has 3 amide bonds. The van der Waals surface area contributed by atoms with Crippen LogP contribution in [0.1, 0.15) is 32.6 Å². The number of anilines is 4. The summed E-state index contributed by atoms with van der Waals surface area (Å²) in [5.41, 5.74) is 6.32. The van der Waals surface area contributed by atoms with Gasteiger partial charge in [-0.15, -0.1) is 0 Å². The molecule has 2 fully saturated rings. The molecule has 8 rings (SSSR count). The van der Waals surface area contributed by atoms with Crippen LogP contribution in [0, 0.1) is 6.92 Å². The zero-order chi connectivity index (χ0) is 40.9. The SMILES string of the molecule is COc1ccc(CN(Cc2ccc(OC)cc2)c2ncc(-c3nc(N4CCOCC4)nc4c3CCN4C(=O)Nc3cccc(C(=O)N4CCN(C)CC4)c3C)cn2)cc1. The second kappa shape index (κ2) is 17.7. The highest BCUT2D eigenvalue weighted by Gasteiger charge is 2.33. The summed E-state index contributed by atoms with van der Waals surface area (Å²) >= 11 is 0. The first kappa shape index (κ1) is 39.5. The van der Waals surface area contributed by atoms with E-state index in [1.54, 1.807) is 31.5 Å². The molecule has 5 heterocycles. The molecule has 15 heteroatoms. The van der Waals surface area contributed by atoms with Crippen molar-refractivity contribution in [2.75, 3.05) is 100 Å². The van der Waals surface area contributed by atoms with Gasteiger partial charge in [-0.1, -0.05) is 30.3 Å². The van der Waals surface area contributed by atoms with Crippen molar-refractivity contribution in [3.05, 3.63) is 107 Å². The predicted molar refractivity (Wildman–Crippen MR) is 227 cm³/mol. The van der Waals surface area contributed by atoms with Gasteiger partial charge in [0, 0.05) is 93.7 Å². The van der Waals surface area contributed by atoms with Gasteiger partial charge in [0.1, 0.15) is 17.3 Å². The van der Waals surface area contributed by atoms with Crippen LogP contribution < -0.4 is 29.5 Å². The average Bonchev–Trinajstić information content (AvgIpc) is 3.72.